The molecule has 0 amide bonds. The van der Waals surface area contributed by atoms with Crippen molar-refractivity contribution in [2.24, 2.45) is 10.8 Å². The van der Waals surface area contributed by atoms with Crippen LogP contribution in [0.5, 0.6) is 0 Å². The van der Waals surface area contributed by atoms with E-state index in [2.05, 4.69) is 33.8 Å². The molecule has 1 heterocycles. The number of hydrogen-bond donors (Lipinski definition) is 0. The standard InChI is InChI=1S/C15H21ClO2/c1-12(2)10(9-17)7-14(4)15(12)6-5-13(3,16)11(8-15)18-14/h7,9,11H,5-6,8H2,1-4H3/t11-,13+,14+,15-/m1/s1. The molecule has 0 aromatic carbocycles. The second-order valence-corrected chi connectivity index (χ2v) is 7.98. The molecule has 100 valence electrons. The number of carbonyl (C=O) groups is 1. The first-order chi connectivity index (χ1) is 8.19. The molecule has 0 N–H and O–H groups in total. The van der Waals surface area contributed by atoms with Gasteiger partial charge >= 0.3 is 0 Å². The molecule has 0 unspecified atom stereocenters. The van der Waals surface area contributed by atoms with Crippen molar-refractivity contribution in [2.45, 2.75) is 63.5 Å². The molecule has 3 aliphatic rings. The molecule has 0 aromatic rings. The maximum atomic E-state index is 11.3. The van der Waals surface area contributed by atoms with Gasteiger partial charge in [0, 0.05) is 10.8 Å². The van der Waals surface area contributed by atoms with E-state index >= 15 is 0 Å². The Bertz CT molecular complexity index is 451. The number of halogens is 1. The Hall–Kier alpha value is -0.340. The molecule has 2 nitrogen and oxygen atoms in total. The summed E-state index contributed by atoms with van der Waals surface area (Å²) in [6.45, 7) is 8.57. The van der Waals surface area contributed by atoms with Crippen LogP contribution < -0.4 is 0 Å². The van der Waals surface area contributed by atoms with Crippen LogP contribution in [0, 0.1) is 10.8 Å². The average molecular weight is 269 g/mol. The predicted octanol–water partition coefficient (Wildman–Crippen LogP) is 3.48. The lowest BCUT2D eigenvalue weighted by atomic mass is 9.54. The fraction of sp³-hybridized carbons (Fsp3) is 0.800. The maximum Gasteiger partial charge on any atom is 0.146 e. The number of aldehydes is 1. The number of alkyl halides is 1. The van der Waals surface area contributed by atoms with E-state index in [4.69, 9.17) is 16.3 Å². The highest BCUT2D eigenvalue weighted by atomic mass is 35.5. The van der Waals surface area contributed by atoms with E-state index in [1.165, 1.54) is 0 Å². The molecule has 1 saturated heterocycles. The summed E-state index contributed by atoms with van der Waals surface area (Å²) in [5, 5.41) is 0. The van der Waals surface area contributed by atoms with E-state index in [0.29, 0.717) is 0 Å². The Labute approximate surface area is 114 Å². The van der Waals surface area contributed by atoms with Gasteiger partial charge in [0.05, 0.1) is 16.6 Å². The molecule has 2 bridgehead atoms. The van der Waals surface area contributed by atoms with Crippen LogP contribution in [-0.2, 0) is 9.53 Å². The minimum absolute atomic E-state index is 0.0370. The third kappa shape index (κ3) is 1.17. The zero-order valence-corrected chi connectivity index (χ0v) is 12.3. The van der Waals surface area contributed by atoms with Crippen molar-refractivity contribution in [1.82, 2.24) is 0 Å². The summed E-state index contributed by atoms with van der Waals surface area (Å²) in [6, 6.07) is 0. The van der Waals surface area contributed by atoms with Gasteiger partial charge < -0.3 is 4.74 Å². The fourth-order valence-electron chi connectivity index (χ4n) is 4.57. The Balaban J connectivity index is 2.13. The van der Waals surface area contributed by atoms with Crippen molar-refractivity contribution in [3.05, 3.63) is 11.6 Å². The molecule has 18 heavy (non-hydrogen) atoms. The number of carbonyl (C=O) groups excluding carboxylic acids is 1. The van der Waals surface area contributed by atoms with Crippen LogP contribution in [0.4, 0.5) is 0 Å². The smallest absolute Gasteiger partial charge is 0.146 e. The first kappa shape index (κ1) is 12.7. The SMILES string of the molecule is CC1(C)C(C=O)=C[C@]2(C)O[C@@H]3C[C@]12CC[C@]3(C)Cl. The quantitative estimate of drug-likeness (QED) is 0.538. The summed E-state index contributed by atoms with van der Waals surface area (Å²) < 4.78 is 6.30. The summed E-state index contributed by atoms with van der Waals surface area (Å²) in [6.07, 6.45) is 6.11. The number of fused-ring (bicyclic) bond motifs is 1. The molecule has 0 aromatic heterocycles. The van der Waals surface area contributed by atoms with Crippen LogP contribution in [0.3, 0.4) is 0 Å². The maximum absolute atomic E-state index is 11.3. The van der Waals surface area contributed by atoms with Crippen molar-refractivity contribution < 1.29 is 9.53 Å². The molecule has 4 atom stereocenters. The Morgan fingerprint density at radius 3 is 2.61 bits per heavy atom. The monoisotopic (exact) mass is 268 g/mol. The molecule has 3 rings (SSSR count). The number of rotatable bonds is 1. The highest BCUT2D eigenvalue weighted by Gasteiger charge is 2.71. The summed E-state index contributed by atoms with van der Waals surface area (Å²) in [5.74, 6) is 0. The summed E-state index contributed by atoms with van der Waals surface area (Å²) in [7, 11) is 0. The first-order valence-corrected chi connectivity index (χ1v) is 7.12. The van der Waals surface area contributed by atoms with E-state index in [9.17, 15) is 4.79 Å². The second-order valence-electron chi connectivity index (χ2n) is 7.12. The zero-order valence-electron chi connectivity index (χ0n) is 11.5. The number of hydrogen-bond acceptors (Lipinski definition) is 2. The first-order valence-electron chi connectivity index (χ1n) is 6.74. The normalized spacial score (nSPS) is 52.9. The predicted molar refractivity (Wildman–Crippen MR) is 71.7 cm³/mol. The van der Waals surface area contributed by atoms with Crippen LogP contribution >= 0.6 is 11.6 Å². The molecule has 1 saturated carbocycles. The summed E-state index contributed by atoms with van der Waals surface area (Å²) in [5.41, 5.74) is 0.479. The zero-order chi connectivity index (χ0) is 13.4. The van der Waals surface area contributed by atoms with Gasteiger partial charge in [0.15, 0.2) is 0 Å². The fourth-order valence-corrected chi connectivity index (χ4v) is 4.79. The van der Waals surface area contributed by atoms with Crippen LogP contribution in [0.15, 0.2) is 11.6 Å². The minimum atomic E-state index is -0.329. The van der Waals surface area contributed by atoms with Gasteiger partial charge in [-0.3, -0.25) is 4.79 Å². The van der Waals surface area contributed by atoms with Crippen LogP contribution in [0.1, 0.15) is 47.0 Å². The molecule has 1 aliphatic heterocycles. The van der Waals surface area contributed by atoms with Gasteiger partial charge in [0.1, 0.15) is 6.29 Å². The Kier molecular flexibility index (Phi) is 2.26. The molecule has 2 fully saturated rings. The van der Waals surface area contributed by atoms with Crippen molar-refractivity contribution in [1.29, 1.82) is 0 Å². The van der Waals surface area contributed by atoms with E-state index in [1.54, 1.807) is 0 Å². The van der Waals surface area contributed by atoms with Gasteiger partial charge in [-0.2, -0.15) is 0 Å². The van der Waals surface area contributed by atoms with Crippen molar-refractivity contribution >= 4 is 17.9 Å². The molecule has 0 radical (unpaired) electrons. The Morgan fingerprint density at radius 1 is 1.33 bits per heavy atom. The van der Waals surface area contributed by atoms with Gasteiger partial charge in [-0.25, -0.2) is 0 Å². The average Bonchev–Trinajstić information content (AvgIpc) is 2.62. The molecular weight excluding hydrogens is 248 g/mol. The van der Waals surface area contributed by atoms with Gasteiger partial charge in [-0.15, -0.1) is 11.6 Å². The lowest BCUT2D eigenvalue weighted by molar-refractivity contribution is -0.106. The minimum Gasteiger partial charge on any atom is -0.365 e. The molecule has 3 heteroatoms. The summed E-state index contributed by atoms with van der Waals surface area (Å²) in [4.78, 5) is 11.1. The van der Waals surface area contributed by atoms with Gasteiger partial charge in [0.2, 0.25) is 0 Å². The lowest BCUT2D eigenvalue weighted by Gasteiger charge is -2.48. The van der Waals surface area contributed by atoms with Crippen molar-refractivity contribution in [2.75, 3.05) is 0 Å². The number of allylic oxidation sites excluding steroid dienone is 1. The topological polar surface area (TPSA) is 26.3 Å². The highest BCUT2D eigenvalue weighted by Crippen LogP contribution is 2.70. The van der Waals surface area contributed by atoms with Crippen LogP contribution in [0.25, 0.3) is 0 Å². The third-order valence-electron chi connectivity index (χ3n) is 6.06. The largest absolute Gasteiger partial charge is 0.365 e. The van der Waals surface area contributed by atoms with E-state index in [0.717, 1.165) is 31.1 Å². The second kappa shape index (κ2) is 3.21. The van der Waals surface area contributed by atoms with E-state index in [-0.39, 0.29) is 27.4 Å². The van der Waals surface area contributed by atoms with Crippen molar-refractivity contribution in [3.8, 4) is 0 Å². The number of ether oxygens (including phenoxy) is 1. The Morgan fingerprint density at radius 2 is 2.00 bits per heavy atom. The van der Waals surface area contributed by atoms with Gasteiger partial charge in [-0.05, 0) is 44.8 Å². The van der Waals surface area contributed by atoms with Crippen molar-refractivity contribution in [3.63, 3.8) is 0 Å². The van der Waals surface area contributed by atoms with E-state index < -0.39 is 0 Å². The van der Waals surface area contributed by atoms with E-state index in [1.807, 2.05) is 0 Å². The lowest BCUT2D eigenvalue weighted by Crippen LogP contribution is -2.49. The van der Waals surface area contributed by atoms with Gasteiger partial charge in [-0.1, -0.05) is 13.8 Å². The third-order valence-corrected chi connectivity index (χ3v) is 6.49. The van der Waals surface area contributed by atoms with Gasteiger partial charge in [0.25, 0.3) is 0 Å². The molecular formula is C15H21ClO2. The summed E-state index contributed by atoms with van der Waals surface area (Å²) >= 11 is 6.58. The van der Waals surface area contributed by atoms with Crippen LogP contribution in [0.2, 0.25) is 0 Å². The highest BCUT2D eigenvalue weighted by molar-refractivity contribution is 6.24. The molecule has 1 spiro atoms. The molecule has 2 aliphatic carbocycles. The van der Waals surface area contributed by atoms with Crippen LogP contribution in [-0.4, -0.2) is 22.9 Å².